The summed E-state index contributed by atoms with van der Waals surface area (Å²) in [7, 11) is 4.62. The van der Waals surface area contributed by atoms with Crippen LogP contribution < -0.4 is 10.2 Å². The summed E-state index contributed by atoms with van der Waals surface area (Å²) in [6.45, 7) is 10.1. The van der Waals surface area contributed by atoms with Crippen LogP contribution in [0.3, 0.4) is 0 Å². The first-order chi connectivity index (χ1) is 25.5. The van der Waals surface area contributed by atoms with Gasteiger partial charge in [-0.15, -0.1) is 0 Å². The molecule has 0 aromatic heterocycles. The maximum atomic E-state index is 13.9. The van der Waals surface area contributed by atoms with E-state index >= 15 is 0 Å². The normalized spacial score (nSPS) is 14.8. The molecule has 0 aliphatic carbocycles. The second-order valence-electron chi connectivity index (χ2n) is 14.8. The lowest BCUT2D eigenvalue weighted by molar-refractivity contribution is -0.167. The highest BCUT2D eigenvalue weighted by atomic mass is 16.6. The van der Waals surface area contributed by atoms with Crippen molar-refractivity contribution in [2.45, 2.75) is 78.4 Å². The van der Waals surface area contributed by atoms with Crippen LogP contribution >= 0.6 is 0 Å². The Morgan fingerprint density at radius 2 is 1.58 bits per heavy atom. The molecule has 6 amide bonds. The SMILES string of the molecule is CC(=O)O[C@@H](C(=O)Nc1ccc(C#N)c(CN(C(=O)OC(C)(C)C)C(=O)OC(C)(C)C)c1)[C@H]1OCCN(c2cccc(C(=O)N(C)CC(=O)N(C)C)c2)C1=O. The van der Waals surface area contributed by atoms with Gasteiger partial charge in [-0.3, -0.25) is 24.0 Å². The van der Waals surface area contributed by atoms with Crippen molar-refractivity contribution in [3.05, 3.63) is 59.2 Å². The molecule has 17 nitrogen and oxygen atoms in total. The monoisotopic (exact) mass is 764 g/mol. The standard InChI is InChI=1S/C38H48N6O11/c1-23(45)53-30(31-34(49)43(16-17-52-31)28-13-11-12-24(19-28)33(48)42(10)22-29(46)41(8)9)32(47)40-27-15-14-25(20-39)26(18-27)21-44(35(50)54-37(2,3)4)36(51)55-38(5,6)7/h11-15,18-19,30-31H,16-17,21-22H2,1-10H3,(H,40,47)/t30-,31-/m1/s1. The highest BCUT2D eigenvalue weighted by Gasteiger charge is 2.43. The summed E-state index contributed by atoms with van der Waals surface area (Å²) in [6.07, 6.45) is -5.47. The summed E-state index contributed by atoms with van der Waals surface area (Å²) >= 11 is 0. The number of nitrogens with one attached hydrogen (secondary N) is 1. The van der Waals surface area contributed by atoms with E-state index in [1.165, 1.54) is 52.1 Å². The van der Waals surface area contributed by atoms with Gasteiger partial charge < -0.3 is 39.0 Å². The lowest BCUT2D eigenvalue weighted by atomic mass is 10.1. The van der Waals surface area contributed by atoms with Crippen molar-refractivity contribution in [3.8, 4) is 6.07 Å². The summed E-state index contributed by atoms with van der Waals surface area (Å²) in [6, 6.07) is 12.2. The van der Waals surface area contributed by atoms with Gasteiger partial charge in [0.1, 0.15) is 11.2 Å². The largest absolute Gasteiger partial charge is 0.449 e. The predicted molar refractivity (Wildman–Crippen MR) is 198 cm³/mol. The molecular formula is C38H48N6O11. The number of rotatable bonds is 10. The molecule has 2 aromatic rings. The average molecular weight is 765 g/mol. The fourth-order valence-corrected chi connectivity index (χ4v) is 5.09. The molecule has 1 N–H and O–H groups in total. The van der Waals surface area contributed by atoms with Gasteiger partial charge in [0.05, 0.1) is 31.3 Å². The Labute approximate surface area is 320 Å². The molecule has 55 heavy (non-hydrogen) atoms. The number of carbonyl (C=O) groups is 7. The Balaban J connectivity index is 1.90. The summed E-state index contributed by atoms with van der Waals surface area (Å²) in [5.74, 6) is -3.33. The van der Waals surface area contributed by atoms with Crippen LogP contribution in [-0.2, 0) is 44.7 Å². The quantitative estimate of drug-likeness (QED) is 0.272. The molecule has 0 unspecified atom stereocenters. The van der Waals surface area contributed by atoms with Crippen LogP contribution in [-0.4, -0.2) is 121 Å². The first kappa shape index (κ1) is 43.4. The molecule has 2 atom stereocenters. The van der Waals surface area contributed by atoms with Crippen LogP contribution in [0.5, 0.6) is 0 Å². The molecule has 1 aliphatic rings. The first-order valence-corrected chi connectivity index (χ1v) is 17.2. The average Bonchev–Trinajstić information content (AvgIpc) is 3.07. The van der Waals surface area contributed by atoms with E-state index in [1.807, 2.05) is 6.07 Å². The molecule has 2 aromatic carbocycles. The number of anilines is 2. The molecule has 3 rings (SSSR count). The van der Waals surface area contributed by atoms with Crippen molar-refractivity contribution < 1.29 is 52.5 Å². The zero-order valence-corrected chi connectivity index (χ0v) is 32.8. The number of benzene rings is 2. The molecule has 296 valence electrons. The van der Waals surface area contributed by atoms with Gasteiger partial charge >= 0.3 is 18.2 Å². The minimum Gasteiger partial charge on any atom is -0.449 e. The van der Waals surface area contributed by atoms with Gasteiger partial charge in [-0.2, -0.15) is 5.26 Å². The Morgan fingerprint density at radius 1 is 0.964 bits per heavy atom. The Kier molecular flexibility index (Phi) is 14.1. The van der Waals surface area contributed by atoms with Crippen molar-refractivity contribution in [2.75, 3.05) is 51.1 Å². The molecule has 1 saturated heterocycles. The van der Waals surface area contributed by atoms with E-state index in [1.54, 1.807) is 67.8 Å². The lowest BCUT2D eigenvalue weighted by Gasteiger charge is -2.35. The van der Waals surface area contributed by atoms with Crippen molar-refractivity contribution in [1.82, 2.24) is 14.7 Å². The summed E-state index contributed by atoms with van der Waals surface area (Å²) < 4.78 is 21.8. The van der Waals surface area contributed by atoms with Crippen LogP contribution in [0, 0.1) is 11.3 Å². The van der Waals surface area contributed by atoms with Crippen LogP contribution in [0.15, 0.2) is 42.5 Å². The van der Waals surface area contributed by atoms with Gasteiger partial charge in [-0.1, -0.05) is 6.07 Å². The summed E-state index contributed by atoms with van der Waals surface area (Å²) in [5, 5.41) is 12.4. The number of hydrogen-bond acceptors (Lipinski definition) is 12. The van der Waals surface area contributed by atoms with Crippen LogP contribution in [0.2, 0.25) is 0 Å². The molecule has 1 heterocycles. The minimum absolute atomic E-state index is 0.0428. The lowest BCUT2D eigenvalue weighted by Crippen LogP contribution is -2.56. The van der Waals surface area contributed by atoms with Crippen molar-refractivity contribution >= 4 is 53.2 Å². The number of esters is 1. The van der Waals surface area contributed by atoms with Gasteiger partial charge in [-0.25, -0.2) is 14.5 Å². The number of ether oxygens (including phenoxy) is 4. The number of amides is 6. The van der Waals surface area contributed by atoms with E-state index in [-0.39, 0.29) is 48.0 Å². The van der Waals surface area contributed by atoms with Gasteiger partial charge in [0.15, 0.2) is 6.10 Å². The number of imide groups is 1. The van der Waals surface area contributed by atoms with E-state index in [9.17, 15) is 38.8 Å². The third-order valence-electron chi connectivity index (χ3n) is 7.62. The Morgan fingerprint density at radius 3 is 2.13 bits per heavy atom. The van der Waals surface area contributed by atoms with Gasteiger partial charge in [0.2, 0.25) is 12.0 Å². The number of morpholine rings is 1. The topological polar surface area (TPSA) is 205 Å². The molecule has 0 radical (unpaired) electrons. The van der Waals surface area contributed by atoms with E-state index in [0.717, 1.165) is 6.92 Å². The second kappa shape index (κ2) is 17.9. The highest BCUT2D eigenvalue weighted by molar-refractivity contribution is 6.05. The number of nitriles is 1. The molecular weight excluding hydrogens is 716 g/mol. The smallest absolute Gasteiger partial charge is 0.420 e. The molecule has 0 spiro atoms. The van der Waals surface area contributed by atoms with Crippen molar-refractivity contribution in [2.24, 2.45) is 0 Å². The highest BCUT2D eigenvalue weighted by Crippen LogP contribution is 2.26. The third kappa shape index (κ3) is 12.3. The van der Waals surface area contributed by atoms with Gasteiger partial charge in [0.25, 0.3) is 17.7 Å². The molecule has 1 fully saturated rings. The zero-order valence-electron chi connectivity index (χ0n) is 32.8. The van der Waals surface area contributed by atoms with Crippen molar-refractivity contribution in [3.63, 3.8) is 0 Å². The molecule has 1 aliphatic heterocycles. The zero-order chi connectivity index (χ0) is 41.4. The summed E-state index contributed by atoms with van der Waals surface area (Å²) in [4.78, 5) is 96.0. The maximum absolute atomic E-state index is 13.9. The number of carbonyl (C=O) groups excluding carboxylic acids is 7. The summed E-state index contributed by atoms with van der Waals surface area (Å²) in [5.41, 5.74) is -1.20. The van der Waals surface area contributed by atoms with E-state index in [0.29, 0.717) is 10.6 Å². The van der Waals surface area contributed by atoms with Crippen LogP contribution in [0.4, 0.5) is 21.0 Å². The predicted octanol–water partition coefficient (Wildman–Crippen LogP) is 3.69. The Hall–Kier alpha value is -6.02. The minimum atomic E-state index is -1.79. The first-order valence-electron chi connectivity index (χ1n) is 17.2. The fraction of sp³-hybridized carbons (Fsp3) is 0.474. The number of hydrogen-bond donors (Lipinski definition) is 1. The van der Waals surface area contributed by atoms with Crippen LogP contribution in [0.1, 0.15) is 70.0 Å². The van der Waals surface area contributed by atoms with E-state index < -0.39 is 65.8 Å². The molecule has 17 heteroatoms. The van der Waals surface area contributed by atoms with Crippen molar-refractivity contribution in [1.29, 1.82) is 5.26 Å². The Bertz CT molecular complexity index is 1830. The molecule has 0 saturated carbocycles. The molecule has 0 bridgehead atoms. The third-order valence-corrected chi connectivity index (χ3v) is 7.62. The maximum Gasteiger partial charge on any atom is 0.420 e. The fourth-order valence-electron chi connectivity index (χ4n) is 5.09. The van der Waals surface area contributed by atoms with Gasteiger partial charge in [-0.05, 0) is 83.5 Å². The number of nitrogens with zero attached hydrogens (tertiary/aromatic N) is 5. The van der Waals surface area contributed by atoms with E-state index in [2.05, 4.69) is 5.32 Å². The second-order valence-corrected chi connectivity index (χ2v) is 14.8. The van der Waals surface area contributed by atoms with Crippen LogP contribution in [0.25, 0.3) is 0 Å². The van der Waals surface area contributed by atoms with Gasteiger partial charge in [0, 0.05) is 51.5 Å². The van der Waals surface area contributed by atoms with E-state index in [4.69, 9.17) is 18.9 Å². The number of likely N-dealkylation sites (N-methyl/N-ethyl adjacent to an activating group) is 2.